The van der Waals surface area contributed by atoms with Crippen LogP contribution in [0.2, 0.25) is 0 Å². The Morgan fingerprint density at radius 1 is 0.919 bits per heavy atom. The quantitative estimate of drug-likeness (QED) is 0.182. The number of rotatable bonds is 8. The van der Waals surface area contributed by atoms with Crippen molar-refractivity contribution in [2.45, 2.75) is 65.7 Å². The van der Waals surface area contributed by atoms with Crippen LogP contribution in [0.5, 0.6) is 0 Å². The van der Waals surface area contributed by atoms with Crippen molar-refractivity contribution in [1.29, 1.82) is 0 Å². The molecule has 0 aliphatic carbocycles. The van der Waals surface area contributed by atoms with Crippen LogP contribution in [-0.2, 0) is 12.7 Å². The van der Waals surface area contributed by atoms with E-state index in [4.69, 9.17) is 5.73 Å². The molecule has 198 valence electrons. The van der Waals surface area contributed by atoms with E-state index in [0.29, 0.717) is 17.1 Å². The molecule has 6 heteroatoms. The predicted molar refractivity (Wildman–Crippen MR) is 150 cm³/mol. The van der Waals surface area contributed by atoms with Crippen LogP contribution in [0.3, 0.4) is 0 Å². The largest absolute Gasteiger partial charge is 0.416 e. The number of unbranched alkanes of at least 4 members (excludes halogenated alkanes) is 2. The van der Waals surface area contributed by atoms with Crippen molar-refractivity contribution < 1.29 is 13.2 Å². The van der Waals surface area contributed by atoms with Crippen molar-refractivity contribution in [2.24, 2.45) is 4.99 Å². The second kappa shape index (κ2) is 14.9. The van der Waals surface area contributed by atoms with Gasteiger partial charge in [-0.15, -0.1) is 0 Å². The summed E-state index contributed by atoms with van der Waals surface area (Å²) in [5, 5.41) is 3.37. The number of alkyl halides is 3. The summed E-state index contributed by atoms with van der Waals surface area (Å²) >= 11 is 0. The van der Waals surface area contributed by atoms with E-state index < -0.39 is 11.7 Å². The summed E-state index contributed by atoms with van der Waals surface area (Å²) in [5.41, 5.74) is 8.83. The number of hydrogen-bond donors (Lipinski definition) is 2. The lowest BCUT2D eigenvalue weighted by atomic mass is 9.99. The van der Waals surface area contributed by atoms with E-state index in [9.17, 15) is 13.2 Å². The Hall–Kier alpha value is -3.54. The highest BCUT2D eigenvalue weighted by Crippen LogP contribution is 2.32. The van der Waals surface area contributed by atoms with Gasteiger partial charge in [0.25, 0.3) is 0 Å². The van der Waals surface area contributed by atoms with Crippen LogP contribution < -0.4 is 11.1 Å². The maximum atomic E-state index is 13.4. The van der Waals surface area contributed by atoms with Crippen LogP contribution in [0.25, 0.3) is 5.57 Å². The molecule has 0 amide bonds. The van der Waals surface area contributed by atoms with Crippen LogP contribution in [0, 0.1) is 0 Å². The third-order valence-electron chi connectivity index (χ3n) is 5.89. The molecule has 3 N–H and O–H groups in total. The summed E-state index contributed by atoms with van der Waals surface area (Å²) in [6.45, 7) is 8.23. The molecule has 3 aromatic carbocycles. The number of allylic oxidation sites excluding steroid dienone is 1. The smallest absolute Gasteiger partial charge is 0.398 e. The molecule has 0 aliphatic rings. The maximum Gasteiger partial charge on any atom is 0.416 e. The first-order valence-electron chi connectivity index (χ1n) is 12.7. The Labute approximate surface area is 219 Å². The average molecular weight is 510 g/mol. The van der Waals surface area contributed by atoms with Crippen LogP contribution in [0.4, 0.5) is 18.9 Å². The maximum absolute atomic E-state index is 13.4. The fourth-order valence-corrected chi connectivity index (χ4v) is 3.95. The number of amidine groups is 1. The van der Waals surface area contributed by atoms with Gasteiger partial charge in [0.05, 0.1) is 18.2 Å². The molecule has 0 saturated heterocycles. The van der Waals surface area contributed by atoms with Gasteiger partial charge in [-0.2, -0.15) is 13.2 Å². The molecule has 1 unspecified atom stereocenters. The first kappa shape index (κ1) is 29.7. The van der Waals surface area contributed by atoms with E-state index in [2.05, 4.69) is 24.2 Å². The van der Waals surface area contributed by atoms with Gasteiger partial charge >= 0.3 is 6.18 Å². The standard InChI is InChI=1S/C26H26F3N3.C5H12/c1-3-21(19-11-5-4-6-12-19)18(2)32-25(22-14-8-10-16-24(22)30)31-17-20-13-7-9-15-23(20)26(27,28)29;1-3-5-4-2/h3-16,18H,17,30H2,1-2H3,(H,31,32);3-5H2,1-2H3/b21-3+;. The zero-order chi connectivity index (χ0) is 27.3. The number of nitrogens with one attached hydrogen (secondary N) is 1. The Morgan fingerprint density at radius 2 is 1.51 bits per heavy atom. The number of anilines is 1. The van der Waals surface area contributed by atoms with Crippen molar-refractivity contribution in [3.63, 3.8) is 0 Å². The molecule has 0 radical (unpaired) electrons. The molecule has 0 saturated carbocycles. The molecular weight excluding hydrogens is 471 g/mol. The van der Waals surface area contributed by atoms with E-state index in [1.807, 2.05) is 56.3 Å². The number of aliphatic imine (C=N–C) groups is 1. The number of halogens is 3. The summed E-state index contributed by atoms with van der Waals surface area (Å²) in [6, 6.07) is 22.4. The highest BCUT2D eigenvalue weighted by Gasteiger charge is 2.32. The number of hydrogen-bond acceptors (Lipinski definition) is 2. The van der Waals surface area contributed by atoms with E-state index in [0.717, 1.165) is 17.2 Å². The fraction of sp³-hybridized carbons (Fsp3) is 0.323. The third kappa shape index (κ3) is 9.12. The van der Waals surface area contributed by atoms with Gasteiger partial charge < -0.3 is 11.1 Å². The normalized spacial score (nSPS) is 12.9. The van der Waals surface area contributed by atoms with E-state index in [1.165, 1.54) is 31.4 Å². The van der Waals surface area contributed by atoms with Gasteiger partial charge in [-0.05, 0) is 48.7 Å². The summed E-state index contributed by atoms with van der Waals surface area (Å²) in [7, 11) is 0. The second-order valence-corrected chi connectivity index (χ2v) is 8.74. The Balaban J connectivity index is 0.000000877. The number of benzene rings is 3. The molecule has 0 heterocycles. The molecule has 3 rings (SSSR count). The van der Waals surface area contributed by atoms with E-state index in [-0.39, 0.29) is 18.2 Å². The van der Waals surface area contributed by atoms with Gasteiger partial charge in [0.15, 0.2) is 0 Å². The molecule has 1 atom stereocenters. The minimum atomic E-state index is -4.44. The Kier molecular flexibility index (Phi) is 11.9. The van der Waals surface area contributed by atoms with Gasteiger partial charge in [-0.1, -0.05) is 99.8 Å². The van der Waals surface area contributed by atoms with Gasteiger partial charge in [0, 0.05) is 11.3 Å². The predicted octanol–water partition coefficient (Wildman–Crippen LogP) is 8.51. The summed E-state index contributed by atoms with van der Waals surface area (Å²) in [5.74, 6) is 0.447. The van der Waals surface area contributed by atoms with Gasteiger partial charge in [0.2, 0.25) is 0 Å². The lowest BCUT2D eigenvalue weighted by Gasteiger charge is -2.22. The lowest BCUT2D eigenvalue weighted by Crippen LogP contribution is -2.35. The molecule has 3 nitrogen and oxygen atoms in total. The van der Waals surface area contributed by atoms with Gasteiger partial charge in [0.1, 0.15) is 5.84 Å². The second-order valence-electron chi connectivity index (χ2n) is 8.74. The molecule has 0 aliphatic heterocycles. The molecule has 0 fully saturated rings. The van der Waals surface area contributed by atoms with E-state index >= 15 is 0 Å². The third-order valence-corrected chi connectivity index (χ3v) is 5.89. The van der Waals surface area contributed by atoms with Crippen LogP contribution in [-0.4, -0.2) is 11.9 Å². The zero-order valence-electron chi connectivity index (χ0n) is 22.1. The molecule has 0 bridgehead atoms. The minimum absolute atomic E-state index is 0.107. The Bertz CT molecular complexity index is 1150. The average Bonchev–Trinajstić information content (AvgIpc) is 2.88. The van der Waals surface area contributed by atoms with Crippen LogP contribution >= 0.6 is 0 Å². The molecule has 0 spiro atoms. The first-order valence-corrected chi connectivity index (χ1v) is 12.7. The monoisotopic (exact) mass is 509 g/mol. The van der Waals surface area contributed by atoms with Crippen molar-refractivity contribution in [2.75, 3.05) is 5.73 Å². The van der Waals surface area contributed by atoms with Gasteiger partial charge in [-0.3, -0.25) is 4.99 Å². The highest BCUT2D eigenvalue weighted by molar-refractivity contribution is 6.04. The molecule has 37 heavy (non-hydrogen) atoms. The van der Waals surface area contributed by atoms with E-state index in [1.54, 1.807) is 24.3 Å². The Morgan fingerprint density at radius 3 is 2.08 bits per heavy atom. The first-order chi connectivity index (χ1) is 17.7. The molecule has 0 aromatic heterocycles. The number of nitrogen functional groups attached to an aromatic ring is 1. The number of nitrogens with two attached hydrogens (primary N) is 1. The summed E-state index contributed by atoms with van der Waals surface area (Å²) < 4.78 is 40.3. The summed E-state index contributed by atoms with van der Waals surface area (Å²) in [4.78, 5) is 4.55. The van der Waals surface area contributed by atoms with Gasteiger partial charge in [-0.25, -0.2) is 0 Å². The minimum Gasteiger partial charge on any atom is -0.398 e. The molecular formula is C31H38F3N3. The van der Waals surface area contributed by atoms with Crippen molar-refractivity contribution in [3.05, 3.63) is 107 Å². The lowest BCUT2D eigenvalue weighted by molar-refractivity contribution is -0.138. The van der Waals surface area contributed by atoms with Crippen molar-refractivity contribution >= 4 is 17.1 Å². The van der Waals surface area contributed by atoms with Crippen molar-refractivity contribution in [3.8, 4) is 0 Å². The zero-order valence-corrected chi connectivity index (χ0v) is 22.1. The fourth-order valence-electron chi connectivity index (χ4n) is 3.95. The SMILES string of the molecule is C/C=C(/c1ccccc1)C(C)NC(=NCc1ccccc1C(F)(F)F)c1ccccc1N.CCCCC. The molecule has 3 aromatic rings. The number of para-hydroxylation sites is 1. The summed E-state index contributed by atoms with van der Waals surface area (Å²) in [6.07, 6.45) is 1.65. The highest BCUT2D eigenvalue weighted by atomic mass is 19.4. The van der Waals surface area contributed by atoms with Crippen LogP contribution in [0.15, 0.2) is 89.9 Å². The number of nitrogens with zero attached hydrogens (tertiary/aromatic N) is 1. The van der Waals surface area contributed by atoms with Crippen molar-refractivity contribution in [1.82, 2.24) is 5.32 Å². The topological polar surface area (TPSA) is 50.4 Å². The van der Waals surface area contributed by atoms with Crippen LogP contribution in [0.1, 0.15) is 69.2 Å².